The summed E-state index contributed by atoms with van der Waals surface area (Å²) in [5.41, 5.74) is -3.34. The van der Waals surface area contributed by atoms with E-state index in [9.17, 15) is 32.7 Å². The van der Waals surface area contributed by atoms with Crippen molar-refractivity contribution >= 4 is 23.4 Å². The number of amides is 3. The third-order valence-corrected chi connectivity index (χ3v) is 6.94. The van der Waals surface area contributed by atoms with Crippen molar-refractivity contribution in [2.24, 2.45) is 5.92 Å². The van der Waals surface area contributed by atoms with Gasteiger partial charge in [-0.2, -0.15) is 18.4 Å². The summed E-state index contributed by atoms with van der Waals surface area (Å²) < 4.78 is 45.9. The molecule has 0 spiro atoms. The summed E-state index contributed by atoms with van der Waals surface area (Å²) in [4.78, 5) is 36.4. The molecule has 1 aliphatic rings. The van der Waals surface area contributed by atoms with Gasteiger partial charge in [0.25, 0.3) is 11.8 Å². The van der Waals surface area contributed by atoms with Crippen molar-refractivity contribution in [1.82, 2.24) is 10.6 Å². The molecule has 0 radical (unpaired) electrons. The first-order valence-electron chi connectivity index (χ1n) is 13.3. The summed E-state index contributed by atoms with van der Waals surface area (Å²) in [6.45, 7) is 1.58. The fourth-order valence-electron chi connectivity index (χ4n) is 4.88. The first kappa shape index (κ1) is 31.4. The van der Waals surface area contributed by atoms with Crippen LogP contribution in [0, 0.1) is 17.2 Å². The van der Waals surface area contributed by atoms with Crippen molar-refractivity contribution in [2.45, 2.75) is 57.2 Å². The molecule has 1 fully saturated rings. The van der Waals surface area contributed by atoms with Gasteiger partial charge in [0.2, 0.25) is 5.91 Å². The molecule has 220 valence electrons. The van der Waals surface area contributed by atoms with Crippen molar-refractivity contribution < 1.29 is 37.4 Å². The molecule has 1 aliphatic carbocycles. The number of anilines is 1. The van der Waals surface area contributed by atoms with Gasteiger partial charge in [-0.05, 0) is 54.7 Å². The fourth-order valence-corrected chi connectivity index (χ4v) is 4.88. The lowest BCUT2D eigenvalue weighted by atomic mass is 9.73. The van der Waals surface area contributed by atoms with E-state index in [2.05, 4.69) is 16.0 Å². The second-order valence-corrected chi connectivity index (χ2v) is 10.0. The van der Waals surface area contributed by atoms with Crippen LogP contribution in [0.3, 0.4) is 0 Å². The van der Waals surface area contributed by atoms with E-state index < -0.39 is 40.6 Å². The molecule has 0 aliphatic heterocycles. The Morgan fingerprint density at radius 3 is 2.41 bits per heavy atom. The molecule has 41 heavy (non-hydrogen) atoms. The van der Waals surface area contributed by atoms with Crippen LogP contribution in [0.5, 0.6) is 5.75 Å². The van der Waals surface area contributed by atoms with Crippen molar-refractivity contribution in [3.8, 4) is 11.8 Å². The van der Waals surface area contributed by atoms with E-state index in [4.69, 9.17) is 10.00 Å². The number of aliphatic hydroxyl groups is 1. The van der Waals surface area contributed by atoms with E-state index in [0.29, 0.717) is 30.2 Å². The average Bonchev–Trinajstić information content (AvgIpc) is 2.94. The van der Waals surface area contributed by atoms with E-state index in [1.54, 1.807) is 24.3 Å². The van der Waals surface area contributed by atoms with Gasteiger partial charge in [0.1, 0.15) is 11.4 Å². The maximum atomic E-state index is 13.5. The summed E-state index contributed by atoms with van der Waals surface area (Å²) in [6, 6.07) is 10.9. The first-order chi connectivity index (χ1) is 19.4. The number of nitrogens with zero attached hydrogens (tertiary/aromatic N) is 1. The number of carbonyl (C=O) groups excluding carboxylic acids is 3. The van der Waals surface area contributed by atoms with Gasteiger partial charge in [-0.25, -0.2) is 0 Å². The second-order valence-electron chi connectivity index (χ2n) is 10.0. The number of hydrogen-bond donors (Lipinski definition) is 4. The number of carbonyl (C=O) groups is 3. The molecule has 9 nitrogen and oxygen atoms in total. The monoisotopic (exact) mass is 574 g/mol. The Morgan fingerprint density at radius 1 is 1.05 bits per heavy atom. The Kier molecular flexibility index (Phi) is 10.7. The molecule has 4 N–H and O–H groups in total. The summed E-state index contributed by atoms with van der Waals surface area (Å²) >= 11 is 0. The minimum Gasteiger partial charge on any atom is -0.484 e. The van der Waals surface area contributed by atoms with E-state index in [1.807, 2.05) is 0 Å². The van der Waals surface area contributed by atoms with Crippen molar-refractivity contribution in [3.63, 3.8) is 0 Å². The maximum Gasteiger partial charge on any atom is 0.417 e. The molecule has 1 unspecified atom stereocenters. The number of ether oxygens (including phenoxy) is 1. The Balaban J connectivity index is 1.75. The molecule has 0 bridgehead atoms. The van der Waals surface area contributed by atoms with Gasteiger partial charge in [0, 0.05) is 32.1 Å². The van der Waals surface area contributed by atoms with Gasteiger partial charge >= 0.3 is 6.18 Å². The number of nitriles is 1. The average molecular weight is 575 g/mol. The second kappa shape index (κ2) is 14.0. The first-order valence-corrected chi connectivity index (χ1v) is 13.3. The Bertz CT molecular complexity index is 1290. The van der Waals surface area contributed by atoms with Crippen LogP contribution in [0.25, 0.3) is 0 Å². The van der Waals surface area contributed by atoms with Crippen LogP contribution >= 0.6 is 0 Å². The molecular formula is C29H33F3N4O5. The van der Waals surface area contributed by atoms with Crippen LogP contribution in [0.1, 0.15) is 55.7 Å². The number of nitrogens with one attached hydrogen (secondary N) is 3. The lowest BCUT2D eigenvalue weighted by Gasteiger charge is -2.37. The Morgan fingerprint density at radius 2 is 1.76 bits per heavy atom. The highest BCUT2D eigenvalue weighted by atomic mass is 19.4. The van der Waals surface area contributed by atoms with E-state index in [0.717, 1.165) is 25.3 Å². The third kappa shape index (κ3) is 8.94. The van der Waals surface area contributed by atoms with Gasteiger partial charge in [-0.1, -0.05) is 31.4 Å². The number of alkyl halides is 3. The van der Waals surface area contributed by atoms with Gasteiger partial charge in [-0.3, -0.25) is 14.4 Å². The van der Waals surface area contributed by atoms with Gasteiger partial charge in [-0.15, -0.1) is 0 Å². The molecule has 0 aromatic heterocycles. The van der Waals surface area contributed by atoms with E-state index in [-0.39, 0.29) is 37.7 Å². The smallest absolute Gasteiger partial charge is 0.417 e. The molecule has 3 rings (SSSR count). The van der Waals surface area contributed by atoms with Crippen LogP contribution < -0.4 is 20.7 Å². The van der Waals surface area contributed by atoms with Crippen molar-refractivity contribution in [1.29, 1.82) is 5.26 Å². The zero-order chi connectivity index (χ0) is 30.0. The highest BCUT2D eigenvalue weighted by molar-refractivity contribution is 5.97. The van der Waals surface area contributed by atoms with Crippen LogP contribution in [-0.2, 0) is 27.0 Å². The quantitative estimate of drug-likeness (QED) is 0.302. The zero-order valence-corrected chi connectivity index (χ0v) is 22.6. The van der Waals surface area contributed by atoms with Gasteiger partial charge < -0.3 is 25.8 Å². The minimum atomic E-state index is -4.80. The molecular weight excluding hydrogens is 541 g/mol. The molecule has 2 aromatic rings. The molecule has 0 heterocycles. The van der Waals surface area contributed by atoms with Crippen molar-refractivity contribution in [2.75, 3.05) is 25.0 Å². The molecule has 2 aromatic carbocycles. The third-order valence-electron chi connectivity index (χ3n) is 6.94. The van der Waals surface area contributed by atoms with Gasteiger partial charge in [0.05, 0.1) is 17.2 Å². The maximum absolute atomic E-state index is 13.5. The lowest BCUT2D eigenvalue weighted by molar-refractivity contribution is -0.142. The topological polar surface area (TPSA) is 141 Å². The predicted molar refractivity (Wildman–Crippen MR) is 144 cm³/mol. The predicted octanol–water partition coefficient (Wildman–Crippen LogP) is 3.70. The number of hydrogen-bond acceptors (Lipinski definition) is 6. The summed E-state index contributed by atoms with van der Waals surface area (Å²) in [7, 11) is 0. The molecule has 12 heteroatoms. The molecule has 1 saturated carbocycles. The summed E-state index contributed by atoms with van der Waals surface area (Å²) in [5.74, 6) is -1.56. The lowest BCUT2D eigenvalue weighted by Crippen LogP contribution is -2.51. The SMILES string of the molecule is CC(=O)NCCNC(=O)COc1cccc(CC(O)(C(=O)Nc2ccc(C#N)c(C(F)(F)F)c2)C2CCCCC2)c1. The molecule has 0 saturated heterocycles. The van der Waals surface area contributed by atoms with E-state index in [1.165, 1.54) is 19.1 Å². The largest absolute Gasteiger partial charge is 0.484 e. The van der Waals surface area contributed by atoms with Gasteiger partial charge in [0.15, 0.2) is 6.61 Å². The number of rotatable bonds is 11. The molecule has 3 amide bonds. The zero-order valence-electron chi connectivity index (χ0n) is 22.6. The normalized spacial score (nSPS) is 15.2. The highest BCUT2D eigenvalue weighted by Gasteiger charge is 2.44. The summed E-state index contributed by atoms with van der Waals surface area (Å²) in [5, 5.41) is 28.4. The van der Waals surface area contributed by atoms with Crippen LogP contribution in [0.4, 0.5) is 18.9 Å². The Hall–Kier alpha value is -4.11. The minimum absolute atomic E-state index is 0.133. The highest BCUT2D eigenvalue weighted by Crippen LogP contribution is 2.37. The summed E-state index contributed by atoms with van der Waals surface area (Å²) in [6.07, 6.45) is -1.24. The van der Waals surface area contributed by atoms with E-state index >= 15 is 0 Å². The standard InChI is InChI=1S/C29H33F3N4O5/c1-19(37)34-12-13-35-26(38)18-41-24-9-5-6-20(14-24)16-28(40,22-7-3-2-4-8-22)27(39)36-23-11-10-21(17-33)25(15-23)29(30,31)32/h5-6,9-11,14-15,22,40H,2-4,7-8,12-13,16,18H2,1H3,(H,34,37)(H,35,38)(H,36,39). The van der Waals surface area contributed by atoms with Crippen molar-refractivity contribution in [3.05, 3.63) is 59.2 Å². The fraction of sp³-hybridized carbons (Fsp3) is 0.448. The van der Waals surface area contributed by atoms with Crippen LogP contribution in [0.15, 0.2) is 42.5 Å². The molecule has 1 atom stereocenters. The number of benzene rings is 2. The Labute approximate surface area is 236 Å². The number of halogens is 3. The van der Waals surface area contributed by atoms with Crippen LogP contribution in [0.2, 0.25) is 0 Å². The van der Waals surface area contributed by atoms with Crippen LogP contribution in [-0.4, -0.2) is 48.1 Å².